The van der Waals surface area contributed by atoms with Crippen molar-refractivity contribution in [3.63, 3.8) is 0 Å². The Bertz CT molecular complexity index is 333. The van der Waals surface area contributed by atoms with Gasteiger partial charge in [-0.1, -0.05) is 12.1 Å². The first-order valence-electron chi connectivity index (χ1n) is 5.28. The lowest BCUT2D eigenvalue weighted by Gasteiger charge is -2.08. The second-order valence-corrected chi connectivity index (χ2v) is 3.70. The predicted molar refractivity (Wildman–Crippen MR) is 64.2 cm³/mol. The smallest absolute Gasteiger partial charge is 0.226 e. The van der Waals surface area contributed by atoms with Crippen molar-refractivity contribution >= 4 is 11.6 Å². The summed E-state index contributed by atoms with van der Waals surface area (Å²) in [5, 5.41) is 2.78. The highest BCUT2D eigenvalue weighted by Gasteiger charge is 2.03. The molecule has 4 nitrogen and oxygen atoms in total. The van der Waals surface area contributed by atoms with Crippen LogP contribution in [0.3, 0.4) is 0 Å². The molecule has 0 saturated carbocycles. The van der Waals surface area contributed by atoms with Crippen molar-refractivity contribution in [1.82, 2.24) is 0 Å². The van der Waals surface area contributed by atoms with Gasteiger partial charge in [-0.25, -0.2) is 0 Å². The van der Waals surface area contributed by atoms with E-state index in [4.69, 9.17) is 10.5 Å². The Morgan fingerprint density at radius 3 is 2.56 bits per heavy atom. The lowest BCUT2D eigenvalue weighted by Crippen LogP contribution is -2.13. The summed E-state index contributed by atoms with van der Waals surface area (Å²) in [6.45, 7) is 2.36. The standard InChI is InChI=1S/C12H18N2O2/c1-9(13)10-3-5-11(6-4-10)14-12(15)7-8-16-2/h3-6,9H,7-8,13H2,1-2H3,(H,14,15). The Labute approximate surface area is 95.8 Å². The first-order valence-corrected chi connectivity index (χ1v) is 5.28. The average molecular weight is 222 g/mol. The Morgan fingerprint density at radius 2 is 2.06 bits per heavy atom. The molecule has 88 valence electrons. The van der Waals surface area contributed by atoms with Crippen LogP contribution >= 0.6 is 0 Å². The predicted octanol–water partition coefficient (Wildman–Crippen LogP) is 1.68. The molecule has 1 atom stereocenters. The minimum atomic E-state index is -0.0459. The second kappa shape index (κ2) is 6.25. The monoisotopic (exact) mass is 222 g/mol. The summed E-state index contributed by atoms with van der Waals surface area (Å²) in [5.74, 6) is -0.0459. The number of nitrogens with two attached hydrogens (primary N) is 1. The van der Waals surface area contributed by atoms with Crippen molar-refractivity contribution in [1.29, 1.82) is 0 Å². The number of ether oxygens (including phenoxy) is 1. The van der Waals surface area contributed by atoms with Crippen molar-refractivity contribution in [3.05, 3.63) is 29.8 Å². The third kappa shape index (κ3) is 4.00. The third-order valence-corrected chi connectivity index (χ3v) is 2.25. The summed E-state index contributed by atoms with van der Waals surface area (Å²) in [5.41, 5.74) is 7.56. The fourth-order valence-corrected chi connectivity index (χ4v) is 1.29. The summed E-state index contributed by atoms with van der Waals surface area (Å²) >= 11 is 0. The molecular formula is C12H18N2O2. The van der Waals surface area contributed by atoms with Gasteiger partial charge in [0.2, 0.25) is 5.91 Å². The van der Waals surface area contributed by atoms with Gasteiger partial charge in [-0.15, -0.1) is 0 Å². The van der Waals surface area contributed by atoms with Gasteiger partial charge < -0.3 is 15.8 Å². The van der Waals surface area contributed by atoms with Crippen LogP contribution in [0.15, 0.2) is 24.3 Å². The van der Waals surface area contributed by atoms with Crippen LogP contribution in [0, 0.1) is 0 Å². The number of benzene rings is 1. The molecule has 3 N–H and O–H groups in total. The van der Waals surface area contributed by atoms with Crippen LogP contribution in [0.1, 0.15) is 24.9 Å². The molecule has 0 aliphatic heterocycles. The molecule has 0 saturated heterocycles. The highest BCUT2D eigenvalue weighted by molar-refractivity contribution is 5.90. The topological polar surface area (TPSA) is 64.3 Å². The Hall–Kier alpha value is -1.39. The van der Waals surface area contributed by atoms with Gasteiger partial charge >= 0.3 is 0 Å². The van der Waals surface area contributed by atoms with Crippen LogP contribution in [0.2, 0.25) is 0 Å². The van der Waals surface area contributed by atoms with Crippen LogP contribution in [0.4, 0.5) is 5.69 Å². The summed E-state index contributed by atoms with van der Waals surface area (Å²) < 4.78 is 4.82. The van der Waals surface area contributed by atoms with Crippen molar-refractivity contribution in [2.45, 2.75) is 19.4 Å². The van der Waals surface area contributed by atoms with Gasteiger partial charge in [0.15, 0.2) is 0 Å². The molecule has 4 heteroatoms. The lowest BCUT2D eigenvalue weighted by atomic mass is 10.1. The van der Waals surface area contributed by atoms with Gasteiger partial charge in [0, 0.05) is 18.8 Å². The lowest BCUT2D eigenvalue weighted by molar-refractivity contribution is -0.117. The van der Waals surface area contributed by atoms with Crippen LogP contribution < -0.4 is 11.1 Å². The van der Waals surface area contributed by atoms with Crippen LogP contribution in [0.5, 0.6) is 0 Å². The quantitative estimate of drug-likeness (QED) is 0.796. The van der Waals surface area contributed by atoms with Crippen LogP contribution in [0.25, 0.3) is 0 Å². The van der Waals surface area contributed by atoms with E-state index in [0.29, 0.717) is 13.0 Å². The van der Waals surface area contributed by atoms with E-state index in [2.05, 4.69) is 5.32 Å². The van der Waals surface area contributed by atoms with Crippen molar-refractivity contribution in [2.24, 2.45) is 5.73 Å². The Balaban J connectivity index is 2.51. The largest absolute Gasteiger partial charge is 0.384 e. The first kappa shape index (κ1) is 12.7. The summed E-state index contributed by atoms with van der Waals surface area (Å²) in [6, 6.07) is 7.54. The number of methoxy groups -OCH3 is 1. The summed E-state index contributed by atoms with van der Waals surface area (Å²) in [4.78, 5) is 11.4. The number of hydrogen-bond donors (Lipinski definition) is 2. The van der Waals surface area contributed by atoms with Crippen molar-refractivity contribution in [3.8, 4) is 0 Å². The summed E-state index contributed by atoms with van der Waals surface area (Å²) in [6.07, 6.45) is 0.367. The van der Waals surface area contributed by atoms with Crippen molar-refractivity contribution < 1.29 is 9.53 Å². The van der Waals surface area contributed by atoms with E-state index >= 15 is 0 Å². The molecule has 16 heavy (non-hydrogen) atoms. The third-order valence-electron chi connectivity index (χ3n) is 2.25. The van der Waals surface area contributed by atoms with Crippen LogP contribution in [-0.4, -0.2) is 19.6 Å². The molecule has 0 aliphatic carbocycles. The normalized spacial score (nSPS) is 12.2. The van der Waals surface area contributed by atoms with Gasteiger partial charge in [-0.3, -0.25) is 4.79 Å². The molecule has 0 spiro atoms. The maximum atomic E-state index is 11.4. The summed E-state index contributed by atoms with van der Waals surface area (Å²) in [7, 11) is 1.57. The highest BCUT2D eigenvalue weighted by Crippen LogP contribution is 2.14. The number of carbonyl (C=O) groups is 1. The Kier molecular flexibility index (Phi) is 4.95. The van der Waals surface area contributed by atoms with Crippen LogP contribution in [-0.2, 0) is 9.53 Å². The molecular weight excluding hydrogens is 204 g/mol. The molecule has 0 aliphatic rings. The molecule has 1 aromatic rings. The van der Waals surface area contributed by atoms with Gasteiger partial charge in [-0.05, 0) is 24.6 Å². The van der Waals surface area contributed by atoms with Gasteiger partial charge in [0.25, 0.3) is 0 Å². The van der Waals surface area contributed by atoms with E-state index in [1.807, 2.05) is 31.2 Å². The van der Waals surface area contributed by atoms with E-state index in [1.54, 1.807) is 7.11 Å². The minimum absolute atomic E-state index is 0.0123. The van der Waals surface area contributed by atoms with E-state index in [9.17, 15) is 4.79 Å². The zero-order chi connectivity index (χ0) is 12.0. The maximum Gasteiger partial charge on any atom is 0.226 e. The number of nitrogens with one attached hydrogen (secondary N) is 1. The molecule has 0 fully saturated rings. The zero-order valence-corrected chi connectivity index (χ0v) is 9.69. The number of rotatable bonds is 5. The Morgan fingerprint density at radius 1 is 1.44 bits per heavy atom. The van der Waals surface area contributed by atoms with Gasteiger partial charge in [0.1, 0.15) is 0 Å². The zero-order valence-electron chi connectivity index (χ0n) is 9.69. The van der Waals surface area contributed by atoms with E-state index < -0.39 is 0 Å². The number of hydrogen-bond acceptors (Lipinski definition) is 3. The first-order chi connectivity index (χ1) is 7.63. The highest BCUT2D eigenvalue weighted by atomic mass is 16.5. The average Bonchev–Trinajstić information content (AvgIpc) is 2.27. The SMILES string of the molecule is COCCC(=O)Nc1ccc(C(C)N)cc1. The molecule has 0 aromatic heterocycles. The fraction of sp³-hybridized carbons (Fsp3) is 0.417. The second-order valence-electron chi connectivity index (χ2n) is 3.70. The van der Waals surface area contributed by atoms with E-state index in [1.165, 1.54) is 0 Å². The van der Waals surface area contributed by atoms with Gasteiger partial charge in [-0.2, -0.15) is 0 Å². The van der Waals surface area contributed by atoms with Gasteiger partial charge in [0.05, 0.1) is 13.0 Å². The molecule has 1 aromatic carbocycles. The fourth-order valence-electron chi connectivity index (χ4n) is 1.29. The molecule has 1 rings (SSSR count). The van der Waals surface area contributed by atoms with E-state index in [-0.39, 0.29) is 11.9 Å². The molecule has 0 radical (unpaired) electrons. The number of amides is 1. The molecule has 1 unspecified atom stereocenters. The molecule has 1 amide bonds. The number of anilines is 1. The maximum absolute atomic E-state index is 11.4. The van der Waals surface area contributed by atoms with E-state index in [0.717, 1.165) is 11.3 Å². The molecule has 0 bridgehead atoms. The number of carbonyl (C=O) groups excluding carboxylic acids is 1. The van der Waals surface area contributed by atoms with Crippen molar-refractivity contribution in [2.75, 3.05) is 19.0 Å². The molecule has 0 heterocycles. The minimum Gasteiger partial charge on any atom is -0.384 e.